The number of aromatic nitrogens is 3. The van der Waals surface area contributed by atoms with Crippen molar-refractivity contribution >= 4 is 5.91 Å². The van der Waals surface area contributed by atoms with Crippen LogP contribution in [-0.2, 0) is 0 Å². The number of carbonyl (C=O) groups is 1. The van der Waals surface area contributed by atoms with Crippen molar-refractivity contribution < 1.29 is 4.79 Å². The van der Waals surface area contributed by atoms with Gasteiger partial charge in [-0.2, -0.15) is 5.10 Å². The lowest BCUT2D eigenvalue weighted by Crippen LogP contribution is -2.53. The summed E-state index contributed by atoms with van der Waals surface area (Å²) < 4.78 is 1.70. The van der Waals surface area contributed by atoms with Gasteiger partial charge in [0.1, 0.15) is 12.7 Å². The van der Waals surface area contributed by atoms with Gasteiger partial charge in [0.05, 0.1) is 5.69 Å². The Balaban J connectivity index is 1.51. The molecule has 2 fully saturated rings. The first-order chi connectivity index (χ1) is 12.1. The van der Waals surface area contributed by atoms with Gasteiger partial charge in [-0.15, -0.1) is 0 Å². The summed E-state index contributed by atoms with van der Waals surface area (Å²) in [6.45, 7) is 1.97. The molecule has 1 aromatic heterocycles. The van der Waals surface area contributed by atoms with Crippen LogP contribution in [-0.4, -0.2) is 32.8 Å². The molecule has 2 unspecified atom stereocenters. The average Bonchev–Trinajstić information content (AvgIpc) is 3.10. The minimum Gasteiger partial charge on any atom is -0.349 e. The molecule has 0 saturated heterocycles. The third-order valence-corrected chi connectivity index (χ3v) is 5.81. The number of amides is 1. The summed E-state index contributed by atoms with van der Waals surface area (Å²) in [6, 6.07) is 6.34. The van der Waals surface area contributed by atoms with E-state index in [1.165, 1.54) is 25.6 Å². The monoisotopic (exact) mass is 339 g/mol. The van der Waals surface area contributed by atoms with E-state index >= 15 is 0 Å². The van der Waals surface area contributed by atoms with E-state index in [9.17, 15) is 4.79 Å². The minimum absolute atomic E-state index is 0.0278. The van der Waals surface area contributed by atoms with Gasteiger partial charge in [-0.25, -0.2) is 9.67 Å². The van der Waals surface area contributed by atoms with Crippen LogP contribution in [0.25, 0.3) is 5.69 Å². The molecule has 0 aliphatic heterocycles. The molecule has 1 heterocycles. The van der Waals surface area contributed by atoms with Crippen molar-refractivity contribution in [3.8, 4) is 5.69 Å². The van der Waals surface area contributed by atoms with Crippen molar-refractivity contribution in [3.05, 3.63) is 42.0 Å². The molecule has 25 heavy (non-hydrogen) atoms. The van der Waals surface area contributed by atoms with Crippen molar-refractivity contribution in [3.63, 3.8) is 0 Å². The van der Waals surface area contributed by atoms with Crippen LogP contribution in [0.2, 0.25) is 0 Å². The lowest BCUT2D eigenvalue weighted by molar-refractivity contribution is 0.0755. The highest BCUT2D eigenvalue weighted by Crippen LogP contribution is 2.39. The van der Waals surface area contributed by atoms with Crippen LogP contribution >= 0.6 is 0 Å². The molecule has 4 rings (SSSR count). The van der Waals surface area contributed by atoms with Crippen LogP contribution in [0.4, 0.5) is 0 Å². The number of nitrogens with two attached hydrogens (primary N) is 1. The van der Waals surface area contributed by atoms with Crippen LogP contribution in [0.5, 0.6) is 0 Å². The molecule has 2 aliphatic rings. The quantitative estimate of drug-likeness (QED) is 0.898. The molecule has 2 aromatic rings. The number of fused-ring (bicyclic) bond motifs is 2. The smallest absolute Gasteiger partial charge is 0.251 e. The fraction of sp³-hybridized carbons (Fsp3) is 0.526. The lowest BCUT2D eigenvalue weighted by atomic mass is 9.67. The Morgan fingerprint density at radius 1 is 1.28 bits per heavy atom. The van der Waals surface area contributed by atoms with Gasteiger partial charge in [0.25, 0.3) is 5.91 Å². The van der Waals surface area contributed by atoms with E-state index < -0.39 is 0 Å². The molecule has 3 N–H and O–H groups in total. The van der Waals surface area contributed by atoms with Crippen molar-refractivity contribution in [1.82, 2.24) is 20.1 Å². The molecule has 6 heteroatoms. The maximum absolute atomic E-state index is 12.9. The molecule has 2 aliphatic carbocycles. The second-order valence-electron chi connectivity index (χ2n) is 7.52. The molecule has 1 amide bonds. The number of nitrogens with zero attached hydrogens (tertiary/aromatic N) is 3. The van der Waals surface area contributed by atoms with Gasteiger partial charge in [-0.1, -0.05) is 6.42 Å². The number of hydrogen-bond acceptors (Lipinski definition) is 4. The Morgan fingerprint density at radius 2 is 2.04 bits per heavy atom. The highest BCUT2D eigenvalue weighted by Gasteiger charge is 2.40. The van der Waals surface area contributed by atoms with E-state index in [-0.39, 0.29) is 11.9 Å². The predicted octanol–water partition coefficient (Wildman–Crippen LogP) is 2.21. The number of rotatable bonds is 3. The first-order valence-corrected chi connectivity index (χ1v) is 9.14. The zero-order valence-corrected chi connectivity index (χ0v) is 14.6. The standard InChI is InChI=1S/C19H25N5O/c1-12-7-16(24-11-21-10-22-24)5-6-17(12)19(25)23-18-13-3-2-4-14(18)9-15(20)8-13/h5-7,10-11,13-15,18H,2-4,8-9,20H2,1H3,(H,23,25). The van der Waals surface area contributed by atoms with Crippen LogP contribution in [0.1, 0.15) is 48.0 Å². The number of carbonyl (C=O) groups excluding carboxylic acids is 1. The normalized spacial score (nSPS) is 28.6. The average molecular weight is 339 g/mol. The Morgan fingerprint density at radius 3 is 2.68 bits per heavy atom. The summed E-state index contributed by atoms with van der Waals surface area (Å²) in [6.07, 6.45) is 8.85. The van der Waals surface area contributed by atoms with Crippen molar-refractivity contribution in [2.75, 3.05) is 0 Å². The molecule has 6 nitrogen and oxygen atoms in total. The SMILES string of the molecule is Cc1cc(-n2cncn2)ccc1C(=O)NC1C2CCCC1CC(N)C2. The molecular formula is C19H25N5O. The summed E-state index contributed by atoms with van der Waals surface area (Å²) in [5, 5.41) is 7.46. The van der Waals surface area contributed by atoms with Crippen LogP contribution in [0.3, 0.4) is 0 Å². The van der Waals surface area contributed by atoms with Crippen LogP contribution in [0.15, 0.2) is 30.9 Å². The Kier molecular flexibility index (Phi) is 4.29. The van der Waals surface area contributed by atoms with E-state index in [4.69, 9.17) is 5.73 Å². The number of hydrogen-bond donors (Lipinski definition) is 2. The van der Waals surface area contributed by atoms with Crippen LogP contribution < -0.4 is 11.1 Å². The lowest BCUT2D eigenvalue weighted by Gasteiger charge is -2.45. The Hall–Kier alpha value is -2.21. The molecular weight excluding hydrogens is 314 g/mol. The van der Waals surface area contributed by atoms with Crippen LogP contribution in [0, 0.1) is 18.8 Å². The van der Waals surface area contributed by atoms with Crippen molar-refractivity contribution in [1.29, 1.82) is 0 Å². The van der Waals surface area contributed by atoms with Gasteiger partial charge in [0.15, 0.2) is 0 Å². The first kappa shape index (κ1) is 16.3. The van der Waals surface area contributed by atoms with E-state index in [0.717, 1.165) is 29.7 Å². The van der Waals surface area contributed by atoms with Crippen molar-refractivity contribution in [2.45, 2.75) is 51.1 Å². The van der Waals surface area contributed by atoms with Gasteiger partial charge in [0.2, 0.25) is 0 Å². The highest BCUT2D eigenvalue weighted by molar-refractivity contribution is 5.96. The molecule has 2 saturated carbocycles. The van der Waals surface area contributed by atoms with E-state index in [0.29, 0.717) is 17.9 Å². The third-order valence-electron chi connectivity index (χ3n) is 5.81. The van der Waals surface area contributed by atoms with Gasteiger partial charge in [-0.05, 0) is 68.2 Å². The Labute approximate surface area is 147 Å². The van der Waals surface area contributed by atoms with Gasteiger partial charge >= 0.3 is 0 Å². The molecule has 1 aromatic carbocycles. The van der Waals surface area contributed by atoms with E-state index in [2.05, 4.69) is 15.4 Å². The summed E-state index contributed by atoms with van der Waals surface area (Å²) >= 11 is 0. The fourth-order valence-corrected chi connectivity index (χ4v) is 4.64. The fourth-order valence-electron chi connectivity index (χ4n) is 4.64. The van der Waals surface area contributed by atoms with E-state index in [1.807, 2.05) is 25.1 Å². The topological polar surface area (TPSA) is 85.8 Å². The summed E-state index contributed by atoms with van der Waals surface area (Å²) in [5.74, 6) is 1.09. The summed E-state index contributed by atoms with van der Waals surface area (Å²) in [5.41, 5.74) is 8.78. The largest absolute Gasteiger partial charge is 0.349 e. The maximum atomic E-state index is 12.9. The highest BCUT2D eigenvalue weighted by atomic mass is 16.1. The third kappa shape index (κ3) is 3.18. The molecule has 2 bridgehead atoms. The summed E-state index contributed by atoms with van der Waals surface area (Å²) in [7, 11) is 0. The zero-order valence-electron chi connectivity index (χ0n) is 14.6. The van der Waals surface area contributed by atoms with Gasteiger partial charge in [-0.3, -0.25) is 4.79 Å². The second kappa shape index (κ2) is 6.59. The van der Waals surface area contributed by atoms with Gasteiger partial charge < -0.3 is 11.1 Å². The number of benzene rings is 1. The summed E-state index contributed by atoms with van der Waals surface area (Å²) in [4.78, 5) is 16.8. The zero-order chi connectivity index (χ0) is 17.4. The van der Waals surface area contributed by atoms with E-state index in [1.54, 1.807) is 11.0 Å². The second-order valence-corrected chi connectivity index (χ2v) is 7.52. The Bertz CT molecular complexity index is 743. The molecule has 132 valence electrons. The molecule has 0 spiro atoms. The van der Waals surface area contributed by atoms with Gasteiger partial charge in [0, 0.05) is 17.6 Å². The molecule has 2 atom stereocenters. The first-order valence-electron chi connectivity index (χ1n) is 9.14. The minimum atomic E-state index is 0.0278. The maximum Gasteiger partial charge on any atom is 0.251 e. The predicted molar refractivity (Wildman–Crippen MR) is 95.4 cm³/mol. The number of nitrogens with one attached hydrogen (secondary N) is 1. The molecule has 0 radical (unpaired) electrons. The van der Waals surface area contributed by atoms with Crippen molar-refractivity contribution in [2.24, 2.45) is 17.6 Å². The number of aryl methyl sites for hydroxylation is 1.